The van der Waals surface area contributed by atoms with Gasteiger partial charge in [0.25, 0.3) is 0 Å². The van der Waals surface area contributed by atoms with E-state index in [0.29, 0.717) is 0 Å². The van der Waals surface area contributed by atoms with Crippen LogP contribution >= 0.6 is 22.6 Å². The summed E-state index contributed by atoms with van der Waals surface area (Å²) in [6.07, 6.45) is 3.60. The summed E-state index contributed by atoms with van der Waals surface area (Å²) in [5, 5.41) is 9.27. The Morgan fingerprint density at radius 3 is 2.71 bits per heavy atom. The van der Waals surface area contributed by atoms with Gasteiger partial charge in [0.15, 0.2) is 5.65 Å². The van der Waals surface area contributed by atoms with Crippen LogP contribution in [0.3, 0.4) is 0 Å². The average molecular weight is 337 g/mol. The van der Waals surface area contributed by atoms with E-state index in [0.717, 1.165) is 26.0 Å². The number of rotatable bonds is 1. The van der Waals surface area contributed by atoms with Crippen molar-refractivity contribution in [2.24, 2.45) is 0 Å². The van der Waals surface area contributed by atoms with Crippen LogP contribution in [0.5, 0.6) is 5.75 Å². The lowest BCUT2D eigenvalue weighted by Crippen LogP contribution is -1.85. The second-order valence-corrected chi connectivity index (χ2v) is 4.74. The molecule has 0 bridgehead atoms. The van der Waals surface area contributed by atoms with Gasteiger partial charge in [0.2, 0.25) is 0 Å². The molecule has 0 radical (unpaired) electrons. The van der Waals surface area contributed by atoms with Crippen LogP contribution in [0.4, 0.5) is 0 Å². The molecule has 0 amide bonds. The maximum Gasteiger partial charge on any atom is 0.156 e. The summed E-state index contributed by atoms with van der Waals surface area (Å²) in [6.45, 7) is 0. The van der Waals surface area contributed by atoms with Gasteiger partial charge in [-0.25, -0.2) is 9.97 Å². The Balaban J connectivity index is 2.23. The number of halogens is 1. The number of benzene rings is 1. The number of phenols is 1. The van der Waals surface area contributed by atoms with Gasteiger partial charge in [-0.2, -0.15) is 0 Å². The van der Waals surface area contributed by atoms with Crippen molar-refractivity contribution in [3.8, 4) is 16.9 Å². The van der Waals surface area contributed by atoms with E-state index in [-0.39, 0.29) is 5.75 Å². The molecule has 1 aromatic carbocycles. The van der Waals surface area contributed by atoms with Crippen molar-refractivity contribution in [1.82, 2.24) is 15.0 Å². The fourth-order valence-corrected chi connectivity index (χ4v) is 2.11. The largest absolute Gasteiger partial charge is 0.508 e. The number of aromatic nitrogens is 3. The van der Waals surface area contributed by atoms with Crippen molar-refractivity contribution in [1.29, 1.82) is 0 Å². The zero-order chi connectivity index (χ0) is 11.8. The summed E-state index contributed by atoms with van der Waals surface area (Å²) in [7, 11) is 0. The molecule has 0 aliphatic heterocycles. The third-order valence-corrected chi connectivity index (χ3v) is 3.05. The first-order valence-electron chi connectivity index (χ1n) is 5.03. The van der Waals surface area contributed by atoms with E-state index in [4.69, 9.17) is 0 Å². The Hall–Kier alpha value is -1.63. The highest BCUT2D eigenvalue weighted by molar-refractivity contribution is 14.1. The minimum Gasteiger partial charge on any atom is -0.508 e. The van der Waals surface area contributed by atoms with E-state index in [1.807, 2.05) is 18.3 Å². The molecule has 2 aromatic heterocycles. The van der Waals surface area contributed by atoms with Gasteiger partial charge in [0, 0.05) is 11.8 Å². The first-order valence-corrected chi connectivity index (χ1v) is 6.11. The molecule has 2 heterocycles. The highest BCUT2D eigenvalue weighted by Crippen LogP contribution is 2.27. The number of aromatic hydroxyl groups is 1. The van der Waals surface area contributed by atoms with E-state index in [2.05, 4.69) is 37.5 Å². The van der Waals surface area contributed by atoms with Crippen molar-refractivity contribution in [3.05, 3.63) is 40.4 Å². The molecule has 3 aromatic rings. The highest BCUT2D eigenvalue weighted by Gasteiger charge is 2.08. The summed E-state index contributed by atoms with van der Waals surface area (Å²) < 4.78 is 0.856. The monoisotopic (exact) mass is 337 g/mol. The van der Waals surface area contributed by atoms with Gasteiger partial charge >= 0.3 is 0 Å². The molecule has 84 valence electrons. The lowest BCUT2D eigenvalue weighted by atomic mass is 10.1. The van der Waals surface area contributed by atoms with E-state index in [1.165, 1.54) is 0 Å². The van der Waals surface area contributed by atoms with Gasteiger partial charge in [0.05, 0.1) is 6.20 Å². The molecule has 5 heteroatoms. The summed E-state index contributed by atoms with van der Waals surface area (Å²) in [5.74, 6) is 0.259. The Kier molecular flexibility index (Phi) is 2.47. The second kappa shape index (κ2) is 3.99. The topological polar surface area (TPSA) is 61.8 Å². The number of hydrogen-bond acceptors (Lipinski definition) is 3. The van der Waals surface area contributed by atoms with E-state index < -0.39 is 0 Å². The quantitative estimate of drug-likeness (QED) is 0.671. The molecule has 3 rings (SSSR count). The first kappa shape index (κ1) is 10.5. The van der Waals surface area contributed by atoms with Crippen LogP contribution in [0.25, 0.3) is 22.3 Å². The van der Waals surface area contributed by atoms with E-state index in [1.54, 1.807) is 18.3 Å². The molecule has 0 unspecified atom stereocenters. The molecule has 0 aliphatic rings. The smallest absolute Gasteiger partial charge is 0.156 e. The van der Waals surface area contributed by atoms with Crippen molar-refractivity contribution in [2.75, 3.05) is 0 Å². The predicted octanol–water partition coefficient (Wildman–Crippen LogP) is 2.94. The first-order chi connectivity index (χ1) is 8.24. The number of phenolic OH excluding ortho intramolecular Hbond substituents is 1. The van der Waals surface area contributed by atoms with Gasteiger partial charge in [-0.1, -0.05) is 12.1 Å². The Morgan fingerprint density at radius 2 is 1.94 bits per heavy atom. The molecule has 0 spiro atoms. The third kappa shape index (κ3) is 1.86. The van der Waals surface area contributed by atoms with Gasteiger partial charge in [-0.05, 0) is 40.3 Å². The highest BCUT2D eigenvalue weighted by atomic mass is 127. The zero-order valence-corrected chi connectivity index (χ0v) is 10.8. The molecule has 0 fully saturated rings. The Labute approximate surface area is 111 Å². The summed E-state index contributed by atoms with van der Waals surface area (Å²) >= 11 is 2.14. The number of nitrogens with one attached hydrogen (secondary N) is 1. The molecular formula is C12H8IN3O. The minimum atomic E-state index is 0.259. The standard InChI is InChI=1S/C12H8IN3O/c13-10-6-15-12-11(16-10)9(5-14-12)7-1-3-8(17)4-2-7/h1-6,17H,(H,14,15). The molecule has 0 atom stereocenters. The lowest BCUT2D eigenvalue weighted by Gasteiger charge is -1.99. The van der Waals surface area contributed by atoms with Crippen LogP contribution in [0.1, 0.15) is 0 Å². The minimum absolute atomic E-state index is 0.259. The molecule has 0 aliphatic carbocycles. The maximum absolute atomic E-state index is 9.27. The van der Waals surface area contributed by atoms with Crippen molar-refractivity contribution in [2.45, 2.75) is 0 Å². The number of H-pyrrole nitrogens is 1. The summed E-state index contributed by atoms with van der Waals surface area (Å²) in [6, 6.07) is 7.05. The number of fused-ring (bicyclic) bond motifs is 1. The number of nitrogens with zero attached hydrogens (tertiary/aromatic N) is 2. The van der Waals surface area contributed by atoms with Crippen LogP contribution in [-0.2, 0) is 0 Å². The molecule has 0 saturated heterocycles. The van der Waals surface area contributed by atoms with Crippen LogP contribution in [-0.4, -0.2) is 20.1 Å². The Bertz CT molecular complexity index is 676. The SMILES string of the molecule is Oc1ccc(-c2c[nH]c3ncc(I)nc23)cc1. The fraction of sp³-hybridized carbons (Fsp3) is 0. The molecule has 0 saturated carbocycles. The Morgan fingerprint density at radius 1 is 1.18 bits per heavy atom. The van der Waals surface area contributed by atoms with E-state index >= 15 is 0 Å². The van der Waals surface area contributed by atoms with Gasteiger partial charge in [0.1, 0.15) is 15.0 Å². The maximum atomic E-state index is 9.27. The van der Waals surface area contributed by atoms with E-state index in [9.17, 15) is 5.11 Å². The molecule has 17 heavy (non-hydrogen) atoms. The van der Waals surface area contributed by atoms with Crippen molar-refractivity contribution < 1.29 is 5.11 Å². The van der Waals surface area contributed by atoms with Crippen LogP contribution in [0.2, 0.25) is 0 Å². The van der Waals surface area contributed by atoms with Crippen LogP contribution < -0.4 is 0 Å². The average Bonchev–Trinajstić information content (AvgIpc) is 2.73. The summed E-state index contributed by atoms with van der Waals surface area (Å²) in [5.41, 5.74) is 3.62. The van der Waals surface area contributed by atoms with Crippen molar-refractivity contribution in [3.63, 3.8) is 0 Å². The fourth-order valence-electron chi connectivity index (χ4n) is 1.73. The zero-order valence-electron chi connectivity index (χ0n) is 8.68. The van der Waals surface area contributed by atoms with Gasteiger partial charge in [-0.15, -0.1) is 0 Å². The molecular weight excluding hydrogens is 329 g/mol. The van der Waals surface area contributed by atoms with Crippen molar-refractivity contribution >= 4 is 33.8 Å². The van der Waals surface area contributed by atoms with Crippen LogP contribution in [0, 0.1) is 3.70 Å². The summed E-state index contributed by atoms with van der Waals surface area (Å²) in [4.78, 5) is 11.8. The number of hydrogen-bond donors (Lipinski definition) is 2. The third-order valence-electron chi connectivity index (χ3n) is 2.53. The van der Waals surface area contributed by atoms with Gasteiger partial charge < -0.3 is 10.1 Å². The van der Waals surface area contributed by atoms with Crippen LogP contribution in [0.15, 0.2) is 36.7 Å². The van der Waals surface area contributed by atoms with Gasteiger partial charge in [-0.3, -0.25) is 0 Å². The number of aromatic amines is 1. The second-order valence-electron chi connectivity index (χ2n) is 3.64. The molecule has 4 nitrogen and oxygen atoms in total. The predicted molar refractivity (Wildman–Crippen MR) is 73.7 cm³/mol. The molecule has 2 N–H and O–H groups in total. The normalized spacial score (nSPS) is 10.9. The lowest BCUT2D eigenvalue weighted by molar-refractivity contribution is 0.475.